The molecule has 0 atom stereocenters. The van der Waals surface area contributed by atoms with E-state index in [0.717, 1.165) is 11.3 Å². The topological polar surface area (TPSA) is 17.3 Å². The Morgan fingerprint density at radius 1 is 0.450 bits per heavy atom. The van der Waals surface area contributed by atoms with Gasteiger partial charge < -0.3 is 0 Å². The van der Waals surface area contributed by atoms with E-state index in [4.69, 9.17) is 4.98 Å². The molecule has 0 fully saturated rings. The fraction of sp³-hybridized carbons (Fsp3) is 0. The van der Waals surface area contributed by atoms with Crippen molar-refractivity contribution < 1.29 is 0 Å². The molecule has 3 heteroatoms. The van der Waals surface area contributed by atoms with Crippen molar-refractivity contribution in [2.24, 2.45) is 0 Å². The van der Waals surface area contributed by atoms with Crippen LogP contribution in [0.15, 0.2) is 134 Å². The monoisotopic (exact) mass is 526 g/mol. The molecule has 2 nitrogen and oxygen atoms in total. The van der Waals surface area contributed by atoms with E-state index in [-0.39, 0.29) is 0 Å². The van der Waals surface area contributed by atoms with Crippen LogP contribution in [0.5, 0.6) is 0 Å². The molecule has 0 radical (unpaired) electrons. The van der Waals surface area contributed by atoms with Crippen molar-refractivity contribution in [1.29, 1.82) is 0 Å². The molecule has 9 rings (SSSR count). The van der Waals surface area contributed by atoms with Gasteiger partial charge in [-0.1, -0.05) is 115 Å². The van der Waals surface area contributed by atoms with Gasteiger partial charge >= 0.3 is 0 Å². The fourth-order valence-corrected chi connectivity index (χ4v) is 7.74. The molecule has 0 spiro atoms. The van der Waals surface area contributed by atoms with Gasteiger partial charge in [0.1, 0.15) is 5.65 Å². The highest BCUT2D eigenvalue weighted by atomic mass is 32.1. The molecule has 0 saturated heterocycles. The summed E-state index contributed by atoms with van der Waals surface area (Å²) in [5, 5.41) is 8.79. The van der Waals surface area contributed by atoms with Crippen molar-refractivity contribution in [2.75, 3.05) is 0 Å². The quantitative estimate of drug-likeness (QED) is 0.205. The number of nitrogens with zero attached hydrogens (tertiary/aromatic N) is 2. The molecular formula is C37H22N2S. The number of para-hydroxylation sites is 1. The maximum Gasteiger partial charge on any atom is 0.145 e. The summed E-state index contributed by atoms with van der Waals surface area (Å²) in [6.45, 7) is 0. The first-order chi connectivity index (χ1) is 19.9. The molecule has 186 valence electrons. The zero-order valence-electron chi connectivity index (χ0n) is 21.5. The Hall–Kier alpha value is -4.99. The molecule has 0 N–H and O–H groups in total. The molecule has 9 aromatic rings. The SMILES string of the molecule is c1ccc2c(c1)sc1c(-c3cccc4c(-c5cnc6c7ccccc7c7ccccc7n56)cccc34)cccc12. The Morgan fingerprint density at radius 2 is 1.05 bits per heavy atom. The lowest BCUT2D eigenvalue weighted by Crippen LogP contribution is -1.94. The average Bonchev–Trinajstić information content (AvgIpc) is 3.63. The van der Waals surface area contributed by atoms with Crippen LogP contribution in [0, 0.1) is 0 Å². The second kappa shape index (κ2) is 8.25. The molecule has 0 unspecified atom stereocenters. The van der Waals surface area contributed by atoms with E-state index in [1.807, 2.05) is 17.5 Å². The van der Waals surface area contributed by atoms with Gasteiger partial charge in [-0.15, -0.1) is 11.3 Å². The first-order valence-electron chi connectivity index (χ1n) is 13.6. The summed E-state index contributed by atoms with van der Waals surface area (Å²) in [6, 6.07) is 46.1. The normalized spacial score (nSPS) is 12.0. The standard InChI is InChI=1S/C37H22N2S/c1-2-13-32-26(10-1)27-11-3-5-20-33(27)39-34(22-38-37(32)39)28-17-8-14-23-24(28)15-7-16-25(23)30-18-9-19-31-29-12-4-6-21-35(29)40-36(30)31/h1-22H. The number of pyridine rings is 1. The second-order valence-corrected chi connectivity index (χ2v) is 11.4. The third kappa shape index (κ3) is 2.95. The van der Waals surface area contributed by atoms with E-state index in [1.54, 1.807) is 0 Å². The average molecular weight is 527 g/mol. The number of imidazole rings is 1. The largest absolute Gasteiger partial charge is 0.292 e. The van der Waals surface area contributed by atoms with Gasteiger partial charge in [0.05, 0.1) is 17.4 Å². The van der Waals surface area contributed by atoms with Gasteiger partial charge in [-0.3, -0.25) is 4.40 Å². The van der Waals surface area contributed by atoms with E-state index >= 15 is 0 Å². The Morgan fingerprint density at radius 3 is 1.90 bits per heavy atom. The Bertz CT molecular complexity index is 2440. The second-order valence-electron chi connectivity index (χ2n) is 10.4. The highest BCUT2D eigenvalue weighted by molar-refractivity contribution is 7.26. The van der Waals surface area contributed by atoms with Crippen LogP contribution in [-0.4, -0.2) is 9.38 Å². The molecule has 0 aliphatic carbocycles. The van der Waals surface area contributed by atoms with Crippen molar-refractivity contribution in [3.8, 4) is 22.4 Å². The van der Waals surface area contributed by atoms with Gasteiger partial charge in [0.25, 0.3) is 0 Å². The lowest BCUT2D eigenvalue weighted by atomic mass is 9.94. The first kappa shape index (κ1) is 21.9. The molecular weight excluding hydrogens is 504 g/mol. The van der Waals surface area contributed by atoms with Crippen LogP contribution < -0.4 is 0 Å². The van der Waals surface area contributed by atoms with Crippen LogP contribution in [0.3, 0.4) is 0 Å². The summed E-state index contributed by atoms with van der Waals surface area (Å²) < 4.78 is 5.01. The van der Waals surface area contributed by atoms with Gasteiger partial charge in [-0.25, -0.2) is 4.98 Å². The third-order valence-corrected chi connectivity index (χ3v) is 9.48. The summed E-state index contributed by atoms with van der Waals surface area (Å²) in [5.74, 6) is 0. The van der Waals surface area contributed by atoms with Gasteiger partial charge in [0, 0.05) is 42.1 Å². The Kier molecular flexibility index (Phi) is 4.52. The summed E-state index contributed by atoms with van der Waals surface area (Å²) in [4.78, 5) is 4.99. The van der Waals surface area contributed by atoms with Gasteiger partial charge in [-0.05, 0) is 33.9 Å². The Balaban J connectivity index is 1.35. The number of benzene rings is 6. The van der Waals surface area contributed by atoms with Crippen LogP contribution in [0.25, 0.3) is 80.7 Å². The summed E-state index contributed by atoms with van der Waals surface area (Å²) in [6.07, 6.45) is 2.04. The number of aromatic nitrogens is 2. The molecule has 3 heterocycles. The van der Waals surface area contributed by atoms with Crippen molar-refractivity contribution in [1.82, 2.24) is 9.38 Å². The number of hydrogen-bond acceptors (Lipinski definition) is 2. The van der Waals surface area contributed by atoms with Crippen molar-refractivity contribution in [3.05, 3.63) is 134 Å². The number of fused-ring (bicyclic) bond motifs is 10. The summed E-state index contributed by atoms with van der Waals surface area (Å²) in [7, 11) is 0. The highest BCUT2D eigenvalue weighted by Gasteiger charge is 2.17. The Labute approximate surface area is 234 Å². The molecule has 0 aliphatic rings. The van der Waals surface area contributed by atoms with Crippen molar-refractivity contribution >= 4 is 69.6 Å². The van der Waals surface area contributed by atoms with Crippen LogP contribution in [0.1, 0.15) is 0 Å². The van der Waals surface area contributed by atoms with E-state index in [0.29, 0.717) is 0 Å². The number of thiophene rings is 1. The molecule has 0 amide bonds. The minimum absolute atomic E-state index is 0.993. The van der Waals surface area contributed by atoms with E-state index in [1.165, 1.54) is 69.3 Å². The van der Waals surface area contributed by atoms with Gasteiger partial charge in [-0.2, -0.15) is 0 Å². The minimum atomic E-state index is 0.993. The zero-order valence-corrected chi connectivity index (χ0v) is 22.3. The van der Waals surface area contributed by atoms with E-state index in [2.05, 4.69) is 132 Å². The van der Waals surface area contributed by atoms with Crippen molar-refractivity contribution in [2.45, 2.75) is 0 Å². The van der Waals surface area contributed by atoms with E-state index in [9.17, 15) is 0 Å². The first-order valence-corrected chi connectivity index (χ1v) is 14.4. The maximum atomic E-state index is 4.99. The molecule has 3 aromatic heterocycles. The van der Waals surface area contributed by atoms with E-state index < -0.39 is 0 Å². The summed E-state index contributed by atoms with van der Waals surface area (Å²) >= 11 is 1.88. The minimum Gasteiger partial charge on any atom is -0.292 e. The number of rotatable bonds is 2. The van der Waals surface area contributed by atoms with Crippen LogP contribution in [-0.2, 0) is 0 Å². The molecule has 6 aromatic carbocycles. The van der Waals surface area contributed by atoms with Crippen LogP contribution >= 0.6 is 11.3 Å². The molecule has 0 saturated carbocycles. The van der Waals surface area contributed by atoms with Crippen LogP contribution in [0.4, 0.5) is 0 Å². The fourth-order valence-electron chi connectivity index (χ4n) is 6.51. The zero-order chi connectivity index (χ0) is 26.2. The predicted octanol–water partition coefficient (Wildman–Crippen LogP) is 10.5. The van der Waals surface area contributed by atoms with Gasteiger partial charge in [0.2, 0.25) is 0 Å². The lowest BCUT2D eigenvalue weighted by Gasteiger charge is -2.14. The lowest BCUT2D eigenvalue weighted by molar-refractivity contribution is 1.28. The van der Waals surface area contributed by atoms with Gasteiger partial charge in [0.15, 0.2) is 0 Å². The highest BCUT2D eigenvalue weighted by Crippen LogP contribution is 2.43. The maximum absolute atomic E-state index is 4.99. The molecule has 0 bridgehead atoms. The smallest absolute Gasteiger partial charge is 0.145 e. The number of hydrogen-bond donors (Lipinski definition) is 0. The molecule has 40 heavy (non-hydrogen) atoms. The van der Waals surface area contributed by atoms with Crippen LogP contribution in [0.2, 0.25) is 0 Å². The summed E-state index contributed by atoms with van der Waals surface area (Å²) in [5.41, 5.74) is 7.02. The third-order valence-electron chi connectivity index (χ3n) is 8.26. The molecule has 0 aliphatic heterocycles. The predicted molar refractivity (Wildman–Crippen MR) is 171 cm³/mol. The van der Waals surface area contributed by atoms with Crippen molar-refractivity contribution in [3.63, 3.8) is 0 Å².